The lowest BCUT2D eigenvalue weighted by atomic mass is 10.0. The summed E-state index contributed by atoms with van der Waals surface area (Å²) in [6, 6.07) is 7.93. The van der Waals surface area contributed by atoms with E-state index in [0.29, 0.717) is 25.5 Å². The molecule has 0 aromatic heterocycles. The summed E-state index contributed by atoms with van der Waals surface area (Å²) in [4.78, 5) is 11.7. The number of carbonyl (C=O) groups excluding carboxylic acids is 1. The van der Waals surface area contributed by atoms with Crippen molar-refractivity contribution < 1.29 is 9.53 Å². The molecular formula is C16H24N2O2. The molecule has 0 saturated carbocycles. The van der Waals surface area contributed by atoms with Crippen LogP contribution in [-0.4, -0.2) is 32.1 Å². The first-order valence-corrected chi connectivity index (χ1v) is 7.41. The monoisotopic (exact) mass is 276 g/mol. The van der Waals surface area contributed by atoms with Crippen molar-refractivity contribution in [2.75, 3.05) is 26.2 Å². The third-order valence-corrected chi connectivity index (χ3v) is 3.62. The predicted octanol–water partition coefficient (Wildman–Crippen LogP) is 1.88. The van der Waals surface area contributed by atoms with E-state index in [-0.39, 0.29) is 5.91 Å². The zero-order chi connectivity index (χ0) is 14.2. The lowest BCUT2D eigenvalue weighted by Crippen LogP contribution is -2.28. The normalized spacial score (nSPS) is 17.9. The van der Waals surface area contributed by atoms with Crippen molar-refractivity contribution in [2.24, 2.45) is 5.92 Å². The second kappa shape index (κ2) is 7.90. The van der Waals surface area contributed by atoms with Crippen LogP contribution in [-0.2, 0) is 4.79 Å². The van der Waals surface area contributed by atoms with Gasteiger partial charge in [0.1, 0.15) is 12.4 Å². The molecule has 1 amide bonds. The average molecular weight is 276 g/mol. The fourth-order valence-electron chi connectivity index (χ4n) is 2.45. The summed E-state index contributed by atoms with van der Waals surface area (Å²) in [5, 5.41) is 6.23. The number of ether oxygens (including phenoxy) is 1. The van der Waals surface area contributed by atoms with E-state index in [9.17, 15) is 4.79 Å². The van der Waals surface area contributed by atoms with Gasteiger partial charge in [-0.25, -0.2) is 0 Å². The summed E-state index contributed by atoms with van der Waals surface area (Å²) in [5.41, 5.74) is 1.18. The zero-order valence-corrected chi connectivity index (χ0v) is 12.2. The van der Waals surface area contributed by atoms with Crippen LogP contribution in [0.15, 0.2) is 24.3 Å². The Morgan fingerprint density at radius 1 is 1.50 bits per heavy atom. The molecule has 110 valence electrons. The van der Waals surface area contributed by atoms with Crippen molar-refractivity contribution in [3.8, 4) is 5.75 Å². The SMILES string of the molecule is Cc1cccc(OCCNC(=O)CCC2CCNC2)c1. The average Bonchev–Trinajstić information content (AvgIpc) is 2.95. The molecule has 0 bridgehead atoms. The molecule has 1 aromatic carbocycles. The Bertz CT molecular complexity index is 428. The van der Waals surface area contributed by atoms with Crippen molar-refractivity contribution >= 4 is 5.91 Å². The summed E-state index contributed by atoms with van der Waals surface area (Å²) < 4.78 is 5.59. The number of hydrogen-bond donors (Lipinski definition) is 2. The molecule has 1 heterocycles. The van der Waals surface area contributed by atoms with Crippen molar-refractivity contribution in [2.45, 2.75) is 26.2 Å². The van der Waals surface area contributed by atoms with Crippen LogP contribution in [0, 0.1) is 12.8 Å². The molecule has 1 saturated heterocycles. The highest BCUT2D eigenvalue weighted by atomic mass is 16.5. The van der Waals surface area contributed by atoms with E-state index < -0.39 is 0 Å². The van der Waals surface area contributed by atoms with Crippen molar-refractivity contribution in [1.82, 2.24) is 10.6 Å². The molecule has 1 aliphatic rings. The molecule has 20 heavy (non-hydrogen) atoms. The van der Waals surface area contributed by atoms with Crippen LogP contribution in [0.25, 0.3) is 0 Å². The number of carbonyl (C=O) groups is 1. The fraction of sp³-hybridized carbons (Fsp3) is 0.562. The second-order valence-corrected chi connectivity index (χ2v) is 5.41. The number of aryl methyl sites for hydroxylation is 1. The Hall–Kier alpha value is -1.55. The van der Waals surface area contributed by atoms with Gasteiger partial charge in [0.2, 0.25) is 5.91 Å². The van der Waals surface area contributed by atoms with E-state index in [1.165, 1.54) is 12.0 Å². The van der Waals surface area contributed by atoms with Crippen LogP contribution in [0.1, 0.15) is 24.8 Å². The Labute approximate surface area is 120 Å². The molecule has 0 spiro atoms. The van der Waals surface area contributed by atoms with Gasteiger partial charge in [-0.1, -0.05) is 12.1 Å². The van der Waals surface area contributed by atoms with Gasteiger partial charge in [-0.2, -0.15) is 0 Å². The first kappa shape index (κ1) is 14.9. The second-order valence-electron chi connectivity index (χ2n) is 5.41. The lowest BCUT2D eigenvalue weighted by Gasteiger charge is -2.10. The summed E-state index contributed by atoms with van der Waals surface area (Å²) >= 11 is 0. The molecule has 1 fully saturated rings. The van der Waals surface area contributed by atoms with Gasteiger partial charge in [-0.15, -0.1) is 0 Å². The van der Waals surface area contributed by atoms with Gasteiger partial charge >= 0.3 is 0 Å². The molecule has 2 rings (SSSR count). The standard InChI is InChI=1S/C16H24N2O2/c1-13-3-2-4-15(11-13)20-10-9-18-16(19)6-5-14-7-8-17-12-14/h2-4,11,14,17H,5-10,12H2,1H3,(H,18,19). The minimum absolute atomic E-state index is 0.129. The van der Waals surface area contributed by atoms with Gasteiger partial charge in [-0.05, 0) is 56.5 Å². The van der Waals surface area contributed by atoms with E-state index in [0.717, 1.165) is 25.3 Å². The highest BCUT2D eigenvalue weighted by molar-refractivity contribution is 5.75. The van der Waals surface area contributed by atoms with E-state index in [1.807, 2.05) is 31.2 Å². The smallest absolute Gasteiger partial charge is 0.220 e. The molecule has 0 aliphatic carbocycles. The molecule has 1 aromatic rings. The Kier molecular flexibility index (Phi) is 5.87. The van der Waals surface area contributed by atoms with Crippen LogP contribution in [0.2, 0.25) is 0 Å². The lowest BCUT2D eigenvalue weighted by molar-refractivity contribution is -0.121. The number of rotatable bonds is 7. The van der Waals surface area contributed by atoms with Gasteiger partial charge in [0.25, 0.3) is 0 Å². The minimum atomic E-state index is 0.129. The summed E-state index contributed by atoms with van der Waals surface area (Å²) in [6.07, 6.45) is 2.80. The maximum Gasteiger partial charge on any atom is 0.220 e. The number of benzene rings is 1. The highest BCUT2D eigenvalue weighted by Gasteiger charge is 2.15. The van der Waals surface area contributed by atoms with Gasteiger partial charge in [0, 0.05) is 6.42 Å². The maximum absolute atomic E-state index is 11.7. The van der Waals surface area contributed by atoms with Crippen LogP contribution in [0.5, 0.6) is 5.75 Å². The fourth-order valence-corrected chi connectivity index (χ4v) is 2.45. The van der Waals surface area contributed by atoms with Crippen LogP contribution >= 0.6 is 0 Å². The van der Waals surface area contributed by atoms with E-state index in [4.69, 9.17) is 4.74 Å². The number of amides is 1. The van der Waals surface area contributed by atoms with Gasteiger partial charge < -0.3 is 15.4 Å². The van der Waals surface area contributed by atoms with Crippen LogP contribution in [0.3, 0.4) is 0 Å². The van der Waals surface area contributed by atoms with Crippen molar-refractivity contribution in [1.29, 1.82) is 0 Å². The summed E-state index contributed by atoms with van der Waals surface area (Å²) in [6.45, 7) is 5.27. The van der Waals surface area contributed by atoms with Crippen LogP contribution < -0.4 is 15.4 Å². The Morgan fingerprint density at radius 2 is 2.40 bits per heavy atom. The Balaban J connectivity index is 1.55. The summed E-state index contributed by atoms with van der Waals surface area (Å²) in [7, 11) is 0. The van der Waals surface area contributed by atoms with Crippen molar-refractivity contribution in [3.05, 3.63) is 29.8 Å². The third kappa shape index (κ3) is 5.21. The van der Waals surface area contributed by atoms with Crippen LogP contribution in [0.4, 0.5) is 0 Å². The van der Waals surface area contributed by atoms with Crippen molar-refractivity contribution in [3.63, 3.8) is 0 Å². The summed E-state index contributed by atoms with van der Waals surface area (Å²) in [5.74, 6) is 1.66. The minimum Gasteiger partial charge on any atom is -0.492 e. The Morgan fingerprint density at radius 3 is 3.15 bits per heavy atom. The van der Waals surface area contributed by atoms with E-state index >= 15 is 0 Å². The van der Waals surface area contributed by atoms with Gasteiger partial charge in [0.05, 0.1) is 6.54 Å². The molecule has 2 N–H and O–H groups in total. The largest absolute Gasteiger partial charge is 0.492 e. The van der Waals surface area contributed by atoms with E-state index in [1.54, 1.807) is 0 Å². The first-order valence-electron chi connectivity index (χ1n) is 7.41. The molecule has 1 aliphatic heterocycles. The molecule has 1 unspecified atom stereocenters. The molecule has 1 atom stereocenters. The highest BCUT2D eigenvalue weighted by Crippen LogP contribution is 2.14. The topological polar surface area (TPSA) is 50.4 Å². The molecule has 4 nitrogen and oxygen atoms in total. The number of nitrogens with one attached hydrogen (secondary N) is 2. The first-order chi connectivity index (χ1) is 9.74. The van der Waals surface area contributed by atoms with Gasteiger partial charge in [-0.3, -0.25) is 4.79 Å². The zero-order valence-electron chi connectivity index (χ0n) is 12.2. The molecule has 4 heteroatoms. The maximum atomic E-state index is 11.7. The molecular weight excluding hydrogens is 252 g/mol. The van der Waals surface area contributed by atoms with Gasteiger partial charge in [0.15, 0.2) is 0 Å². The third-order valence-electron chi connectivity index (χ3n) is 3.62. The number of hydrogen-bond acceptors (Lipinski definition) is 3. The predicted molar refractivity (Wildman–Crippen MR) is 79.9 cm³/mol. The molecule has 0 radical (unpaired) electrons. The quantitative estimate of drug-likeness (QED) is 0.748. The van der Waals surface area contributed by atoms with E-state index in [2.05, 4.69) is 10.6 Å².